The summed E-state index contributed by atoms with van der Waals surface area (Å²) in [5.41, 5.74) is 2.25. The van der Waals surface area contributed by atoms with E-state index in [4.69, 9.17) is 4.74 Å². The number of methoxy groups -OCH3 is 1. The topological polar surface area (TPSA) is 67.9 Å². The Balaban J connectivity index is 2.52. The van der Waals surface area contributed by atoms with Gasteiger partial charge in [0.25, 0.3) is 5.56 Å². The molecule has 0 bridgehead atoms. The molecule has 1 N–H and O–H groups in total. The fraction of sp³-hybridized carbons (Fsp3) is 0.250. The average molecular weight is 231 g/mol. The molecule has 0 atom stereocenters. The van der Waals surface area contributed by atoms with Gasteiger partial charge in [0.15, 0.2) is 0 Å². The molecule has 0 saturated carbocycles. The van der Waals surface area contributed by atoms with Crippen LogP contribution in [0.15, 0.2) is 29.3 Å². The molecular weight excluding hydrogens is 218 g/mol. The Hall–Kier alpha value is -2.01. The highest BCUT2D eigenvalue weighted by Crippen LogP contribution is 2.16. The Bertz CT molecular complexity index is 578. The lowest BCUT2D eigenvalue weighted by atomic mass is 10.1. The van der Waals surface area contributed by atoms with Gasteiger partial charge < -0.3 is 9.72 Å². The van der Waals surface area contributed by atoms with E-state index in [1.165, 1.54) is 6.07 Å². The van der Waals surface area contributed by atoms with Gasteiger partial charge in [-0.25, -0.2) is 4.98 Å². The highest BCUT2D eigenvalue weighted by Gasteiger charge is 2.06. The summed E-state index contributed by atoms with van der Waals surface area (Å²) in [5, 5.41) is 0. The van der Waals surface area contributed by atoms with Gasteiger partial charge in [0.2, 0.25) is 0 Å². The number of hydrogen-bond acceptors (Lipinski definition) is 4. The number of nitrogens with zero attached hydrogens (tertiary/aromatic N) is 2. The van der Waals surface area contributed by atoms with Crippen molar-refractivity contribution in [2.24, 2.45) is 0 Å². The van der Waals surface area contributed by atoms with Crippen LogP contribution in [0, 0.1) is 6.92 Å². The third-order valence-corrected chi connectivity index (χ3v) is 2.38. The van der Waals surface area contributed by atoms with Crippen molar-refractivity contribution in [1.29, 1.82) is 0 Å². The maximum Gasteiger partial charge on any atom is 0.251 e. The fourth-order valence-electron chi connectivity index (χ4n) is 1.57. The van der Waals surface area contributed by atoms with Crippen molar-refractivity contribution in [2.75, 3.05) is 7.11 Å². The molecule has 2 aromatic rings. The lowest BCUT2D eigenvalue weighted by molar-refractivity contribution is 0.181. The second-order valence-corrected chi connectivity index (χ2v) is 3.71. The van der Waals surface area contributed by atoms with Crippen molar-refractivity contribution in [3.05, 3.63) is 46.1 Å². The van der Waals surface area contributed by atoms with Crippen LogP contribution >= 0.6 is 0 Å². The lowest BCUT2D eigenvalue weighted by Gasteiger charge is -2.05. The van der Waals surface area contributed by atoms with Crippen molar-refractivity contribution >= 4 is 0 Å². The number of nitrogens with one attached hydrogen (secondary N) is 1. The molecule has 5 nitrogen and oxygen atoms in total. The molecule has 0 amide bonds. The second kappa shape index (κ2) is 4.88. The summed E-state index contributed by atoms with van der Waals surface area (Å²) in [6.45, 7) is 2.26. The van der Waals surface area contributed by atoms with Gasteiger partial charge in [-0.2, -0.15) is 0 Å². The zero-order valence-electron chi connectivity index (χ0n) is 9.73. The van der Waals surface area contributed by atoms with E-state index in [2.05, 4.69) is 15.0 Å². The molecule has 2 rings (SSSR count). The van der Waals surface area contributed by atoms with Crippen LogP contribution < -0.4 is 5.56 Å². The van der Waals surface area contributed by atoms with E-state index in [0.29, 0.717) is 18.1 Å². The van der Waals surface area contributed by atoms with Crippen LogP contribution in [0.2, 0.25) is 0 Å². The van der Waals surface area contributed by atoms with Crippen LogP contribution in [-0.4, -0.2) is 22.1 Å². The molecule has 0 fully saturated rings. The molecular formula is C12H13N3O2. The minimum Gasteiger partial charge on any atom is -0.378 e. The van der Waals surface area contributed by atoms with Crippen LogP contribution in [-0.2, 0) is 11.3 Å². The molecule has 0 saturated heterocycles. The van der Waals surface area contributed by atoms with Gasteiger partial charge in [0.05, 0.1) is 12.3 Å². The van der Waals surface area contributed by atoms with Gasteiger partial charge in [-0.1, -0.05) is 0 Å². The van der Waals surface area contributed by atoms with Crippen LogP contribution in [0.5, 0.6) is 0 Å². The molecule has 5 heteroatoms. The second-order valence-electron chi connectivity index (χ2n) is 3.71. The summed E-state index contributed by atoms with van der Waals surface area (Å²) in [5.74, 6) is 0.523. The molecule has 0 radical (unpaired) electrons. The van der Waals surface area contributed by atoms with Crippen molar-refractivity contribution in [3.8, 4) is 11.4 Å². The molecule has 0 unspecified atom stereocenters. The van der Waals surface area contributed by atoms with Crippen LogP contribution in [0.3, 0.4) is 0 Å². The van der Waals surface area contributed by atoms with Crippen LogP contribution in [0.4, 0.5) is 0 Å². The maximum atomic E-state index is 11.5. The number of pyridine rings is 1. The predicted octanol–water partition coefficient (Wildman–Crippen LogP) is 1.29. The van der Waals surface area contributed by atoms with E-state index in [-0.39, 0.29) is 5.56 Å². The number of aryl methyl sites for hydroxylation is 1. The summed E-state index contributed by atoms with van der Waals surface area (Å²) < 4.78 is 4.97. The van der Waals surface area contributed by atoms with Crippen LogP contribution in [0.1, 0.15) is 11.3 Å². The van der Waals surface area contributed by atoms with Gasteiger partial charge in [-0.15, -0.1) is 0 Å². The molecule has 2 aromatic heterocycles. The number of hydrogen-bond donors (Lipinski definition) is 1. The van der Waals surface area contributed by atoms with Crippen molar-refractivity contribution in [3.63, 3.8) is 0 Å². The standard InChI is InChI=1S/C12H13N3O2/c1-8-3-4-13-6-10(8)12-14-9(7-17-2)5-11(16)15-12/h3-6H,7H2,1-2H3,(H,14,15,16). The van der Waals surface area contributed by atoms with Gasteiger partial charge in [0.1, 0.15) is 5.82 Å². The molecule has 0 aliphatic carbocycles. The van der Waals surface area contributed by atoms with Gasteiger partial charge in [0, 0.05) is 31.1 Å². The third kappa shape index (κ3) is 2.57. The Morgan fingerprint density at radius 3 is 3.00 bits per heavy atom. The molecule has 2 heterocycles. The molecule has 88 valence electrons. The largest absolute Gasteiger partial charge is 0.378 e. The zero-order valence-corrected chi connectivity index (χ0v) is 9.73. The van der Waals surface area contributed by atoms with E-state index in [0.717, 1.165) is 11.1 Å². The minimum absolute atomic E-state index is 0.190. The first-order valence-electron chi connectivity index (χ1n) is 5.21. The number of aromatic amines is 1. The summed E-state index contributed by atoms with van der Waals surface area (Å²) in [4.78, 5) is 22.6. The highest BCUT2D eigenvalue weighted by molar-refractivity contribution is 5.57. The SMILES string of the molecule is COCc1cc(=O)[nH]c(-c2cnccc2C)n1. The Labute approximate surface area is 98.5 Å². The van der Waals surface area contributed by atoms with E-state index in [1.807, 2.05) is 13.0 Å². The summed E-state index contributed by atoms with van der Waals surface area (Å²) in [6, 6.07) is 3.30. The monoisotopic (exact) mass is 231 g/mol. The van der Waals surface area contributed by atoms with Gasteiger partial charge >= 0.3 is 0 Å². The number of rotatable bonds is 3. The fourth-order valence-corrected chi connectivity index (χ4v) is 1.57. The average Bonchev–Trinajstić information content (AvgIpc) is 2.29. The van der Waals surface area contributed by atoms with Gasteiger partial charge in [-0.05, 0) is 18.6 Å². The quantitative estimate of drug-likeness (QED) is 0.864. The number of ether oxygens (including phenoxy) is 1. The Kier molecular flexibility index (Phi) is 3.30. The minimum atomic E-state index is -0.190. The van der Waals surface area contributed by atoms with Crippen molar-refractivity contribution < 1.29 is 4.74 Å². The van der Waals surface area contributed by atoms with E-state index >= 15 is 0 Å². The van der Waals surface area contributed by atoms with Crippen molar-refractivity contribution in [1.82, 2.24) is 15.0 Å². The molecule has 0 aromatic carbocycles. The summed E-state index contributed by atoms with van der Waals surface area (Å²) >= 11 is 0. The number of H-pyrrole nitrogens is 1. The molecule has 0 aliphatic rings. The van der Waals surface area contributed by atoms with E-state index in [9.17, 15) is 4.79 Å². The van der Waals surface area contributed by atoms with Gasteiger partial charge in [-0.3, -0.25) is 9.78 Å². The van der Waals surface area contributed by atoms with E-state index in [1.54, 1.807) is 19.5 Å². The van der Waals surface area contributed by atoms with Crippen LogP contribution in [0.25, 0.3) is 11.4 Å². The highest BCUT2D eigenvalue weighted by atomic mass is 16.5. The van der Waals surface area contributed by atoms with Crippen molar-refractivity contribution in [2.45, 2.75) is 13.5 Å². The lowest BCUT2D eigenvalue weighted by Crippen LogP contribution is -2.11. The Morgan fingerprint density at radius 1 is 1.47 bits per heavy atom. The first kappa shape index (κ1) is 11.5. The van der Waals surface area contributed by atoms with E-state index < -0.39 is 0 Å². The zero-order chi connectivity index (χ0) is 12.3. The number of aromatic nitrogens is 3. The smallest absolute Gasteiger partial charge is 0.251 e. The molecule has 17 heavy (non-hydrogen) atoms. The Morgan fingerprint density at radius 2 is 2.29 bits per heavy atom. The first-order chi connectivity index (χ1) is 8.20. The third-order valence-electron chi connectivity index (χ3n) is 2.38. The predicted molar refractivity (Wildman–Crippen MR) is 63.5 cm³/mol. The molecule has 0 spiro atoms. The maximum absolute atomic E-state index is 11.5. The first-order valence-corrected chi connectivity index (χ1v) is 5.21. The normalized spacial score (nSPS) is 10.5. The summed E-state index contributed by atoms with van der Waals surface area (Å²) in [6.07, 6.45) is 3.39. The molecule has 0 aliphatic heterocycles. The summed E-state index contributed by atoms with van der Waals surface area (Å²) in [7, 11) is 1.57.